The van der Waals surface area contributed by atoms with E-state index in [9.17, 15) is 18.8 Å². The number of benzene rings is 4. The van der Waals surface area contributed by atoms with Gasteiger partial charge in [0.05, 0.1) is 12.5 Å². The molecular weight excluding hydrogens is 570 g/mol. The van der Waals surface area contributed by atoms with Crippen molar-refractivity contribution < 1.29 is 37.3 Å². The van der Waals surface area contributed by atoms with Crippen LogP contribution >= 0.6 is 0 Å². The molecule has 4 aromatic rings. The van der Waals surface area contributed by atoms with Crippen molar-refractivity contribution in [2.75, 3.05) is 6.61 Å². The normalized spacial score (nSPS) is 14.5. The molecule has 2 unspecified atom stereocenters. The standard InChI is InChI=1S/C34H28F2N2O6/c1-3-40-31-16-22(6-15-29(31)41-19-21-4-7-23(35)8-5-21)32-27-14-13-26(17-30(27)44-33(38)28(32)18-37)43-34(39)20(2)42-25-11-9-24(36)10-12-25/h4-17,20,32H,3,19,38H2,1-2H3. The second kappa shape index (κ2) is 13.2. The number of hydrogen-bond donors (Lipinski definition) is 1. The summed E-state index contributed by atoms with van der Waals surface area (Å²) in [6.07, 6.45) is -0.985. The van der Waals surface area contributed by atoms with E-state index in [2.05, 4.69) is 6.07 Å². The van der Waals surface area contributed by atoms with Crippen LogP contribution in [-0.4, -0.2) is 18.7 Å². The van der Waals surface area contributed by atoms with E-state index in [4.69, 9.17) is 29.4 Å². The number of rotatable bonds is 10. The average Bonchev–Trinajstić information content (AvgIpc) is 3.01. The monoisotopic (exact) mass is 598 g/mol. The van der Waals surface area contributed by atoms with E-state index in [0.717, 1.165) is 5.56 Å². The van der Waals surface area contributed by atoms with E-state index in [1.807, 2.05) is 6.92 Å². The fourth-order valence-electron chi connectivity index (χ4n) is 4.64. The molecule has 2 N–H and O–H groups in total. The molecule has 1 heterocycles. The van der Waals surface area contributed by atoms with Gasteiger partial charge in [0.2, 0.25) is 5.88 Å². The number of fused-ring (bicyclic) bond motifs is 1. The van der Waals surface area contributed by atoms with Gasteiger partial charge in [-0.1, -0.05) is 24.3 Å². The first-order valence-corrected chi connectivity index (χ1v) is 13.7. The summed E-state index contributed by atoms with van der Waals surface area (Å²) in [5.74, 6) is -0.412. The van der Waals surface area contributed by atoms with Crippen LogP contribution in [0.3, 0.4) is 0 Å². The Bertz CT molecular complexity index is 1730. The Morgan fingerprint density at radius 2 is 1.61 bits per heavy atom. The zero-order chi connectivity index (χ0) is 31.2. The van der Waals surface area contributed by atoms with Crippen molar-refractivity contribution >= 4 is 5.97 Å². The molecule has 0 saturated carbocycles. The number of hydrogen-bond acceptors (Lipinski definition) is 8. The molecule has 0 aliphatic carbocycles. The first kappa shape index (κ1) is 29.9. The SMILES string of the molecule is CCOc1cc(C2C(C#N)=C(N)Oc3cc(OC(=O)C(C)Oc4ccc(F)cc4)ccc32)ccc1OCc1ccc(F)cc1. The summed E-state index contributed by atoms with van der Waals surface area (Å²) in [4.78, 5) is 12.7. The number of nitrogens with zero attached hydrogens (tertiary/aromatic N) is 1. The first-order valence-electron chi connectivity index (χ1n) is 13.7. The van der Waals surface area contributed by atoms with Gasteiger partial charge in [-0.25, -0.2) is 13.6 Å². The van der Waals surface area contributed by atoms with Gasteiger partial charge in [-0.05, 0) is 79.6 Å². The van der Waals surface area contributed by atoms with Gasteiger partial charge in [0.1, 0.15) is 47.1 Å². The fraction of sp³-hybridized carbons (Fsp3) is 0.176. The third-order valence-electron chi connectivity index (χ3n) is 6.78. The molecule has 5 rings (SSSR count). The molecule has 0 radical (unpaired) electrons. The minimum absolute atomic E-state index is 0.0870. The van der Waals surface area contributed by atoms with E-state index in [-0.39, 0.29) is 29.6 Å². The van der Waals surface area contributed by atoms with Gasteiger partial charge in [-0.3, -0.25) is 0 Å². The maximum absolute atomic E-state index is 13.3. The molecule has 4 aromatic carbocycles. The van der Waals surface area contributed by atoms with Crippen molar-refractivity contribution in [1.82, 2.24) is 0 Å². The van der Waals surface area contributed by atoms with Crippen molar-refractivity contribution in [2.45, 2.75) is 32.5 Å². The van der Waals surface area contributed by atoms with E-state index < -0.39 is 23.8 Å². The molecule has 0 aromatic heterocycles. The summed E-state index contributed by atoms with van der Waals surface area (Å²) >= 11 is 0. The smallest absolute Gasteiger partial charge is 0.352 e. The van der Waals surface area contributed by atoms with Gasteiger partial charge >= 0.3 is 5.97 Å². The van der Waals surface area contributed by atoms with Crippen molar-refractivity contribution in [3.05, 3.63) is 125 Å². The van der Waals surface area contributed by atoms with Crippen molar-refractivity contribution in [1.29, 1.82) is 5.26 Å². The third kappa shape index (κ3) is 6.73. The number of allylic oxidation sites excluding steroid dienone is 1. The number of carbonyl (C=O) groups excluding carboxylic acids is 1. The highest BCUT2D eigenvalue weighted by atomic mass is 19.1. The van der Waals surface area contributed by atoms with Crippen LogP contribution in [0.25, 0.3) is 0 Å². The molecular formula is C34H28F2N2O6. The van der Waals surface area contributed by atoms with Crippen LogP contribution in [0.15, 0.2) is 96.4 Å². The highest BCUT2D eigenvalue weighted by molar-refractivity contribution is 5.77. The topological polar surface area (TPSA) is 113 Å². The molecule has 44 heavy (non-hydrogen) atoms. The number of carbonyl (C=O) groups is 1. The summed E-state index contributed by atoms with van der Waals surface area (Å²) in [5, 5.41) is 9.99. The van der Waals surface area contributed by atoms with Gasteiger partial charge < -0.3 is 29.4 Å². The summed E-state index contributed by atoms with van der Waals surface area (Å²) in [6, 6.07) is 23.5. The van der Waals surface area contributed by atoms with Crippen LogP contribution in [0.2, 0.25) is 0 Å². The Labute approximate surface area is 252 Å². The molecule has 10 heteroatoms. The number of esters is 1. The highest BCUT2D eigenvalue weighted by Gasteiger charge is 2.32. The molecule has 1 aliphatic rings. The van der Waals surface area contributed by atoms with Crippen molar-refractivity contribution in [3.63, 3.8) is 0 Å². The van der Waals surface area contributed by atoms with Gasteiger partial charge in [0.15, 0.2) is 17.6 Å². The minimum Gasteiger partial charge on any atom is -0.490 e. The molecule has 1 aliphatic heterocycles. The Kier molecular flexibility index (Phi) is 8.95. The molecule has 2 atom stereocenters. The van der Waals surface area contributed by atoms with Gasteiger partial charge in [-0.2, -0.15) is 5.26 Å². The Morgan fingerprint density at radius 3 is 2.30 bits per heavy atom. The maximum atomic E-state index is 13.3. The predicted octanol–water partition coefficient (Wildman–Crippen LogP) is 6.53. The second-order valence-electron chi connectivity index (χ2n) is 9.81. The number of nitrogens with two attached hydrogens (primary N) is 1. The second-order valence-corrected chi connectivity index (χ2v) is 9.81. The lowest BCUT2D eigenvalue weighted by atomic mass is 9.83. The van der Waals surface area contributed by atoms with Gasteiger partial charge in [-0.15, -0.1) is 0 Å². The van der Waals surface area contributed by atoms with E-state index in [1.54, 1.807) is 42.5 Å². The van der Waals surface area contributed by atoms with Crippen LogP contribution in [0.5, 0.6) is 28.7 Å². The minimum atomic E-state index is -0.985. The zero-order valence-corrected chi connectivity index (χ0v) is 23.9. The van der Waals surface area contributed by atoms with Crippen LogP contribution in [0.4, 0.5) is 8.78 Å². The third-order valence-corrected chi connectivity index (χ3v) is 6.78. The molecule has 0 fully saturated rings. The average molecular weight is 599 g/mol. The summed E-state index contributed by atoms with van der Waals surface area (Å²) in [6.45, 7) is 3.92. The predicted molar refractivity (Wildman–Crippen MR) is 156 cm³/mol. The molecule has 0 spiro atoms. The number of ether oxygens (including phenoxy) is 5. The van der Waals surface area contributed by atoms with E-state index in [0.29, 0.717) is 40.7 Å². The van der Waals surface area contributed by atoms with Gasteiger partial charge in [0.25, 0.3) is 0 Å². The maximum Gasteiger partial charge on any atom is 0.352 e. The van der Waals surface area contributed by atoms with Crippen molar-refractivity contribution in [2.24, 2.45) is 5.73 Å². The van der Waals surface area contributed by atoms with Crippen LogP contribution in [-0.2, 0) is 11.4 Å². The fourth-order valence-corrected chi connectivity index (χ4v) is 4.64. The Hall–Kier alpha value is -5.56. The molecule has 0 bridgehead atoms. The lowest BCUT2D eigenvalue weighted by Crippen LogP contribution is -2.28. The van der Waals surface area contributed by atoms with Gasteiger partial charge in [0, 0.05) is 11.6 Å². The Balaban J connectivity index is 1.38. The zero-order valence-electron chi connectivity index (χ0n) is 23.9. The Morgan fingerprint density at radius 1 is 0.932 bits per heavy atom. The lowest BCUT2D eigenvalue weighted by Gasteiger charge is -2.27. The molecule has 0 amide bonds. The highest BCUT2D eigenvalue weighted by Crippen LogP contribution is 2.45. The molecule has 224 valence electrons. The van der Waals surface area contributed by atoms with Crippen LogP contribution in [0, 0.1) is 23.0 Å². The van der Waals surface area contributed by atoms with Crippen molar-refractivity contribution in [3.8, 4) is 34.8 Å². The molecule has 0 saturated heterocycles. The first-order chi connectivity index (χ1) is 21.2. The van der Waals surface area contributed by atoms with E-state index in [1.165, 1.54) is 49.4 Å². The number of halogens is 2. The summed E-state index contributed by atoms with van der Waals surface area (Å²) in [5.41, 5.74) is 8.47. The number of nitriles is 1. The summed E-state index contributed by atoms with van der Waals surface area (Å²) in [7, 11) is 0. The summed E-state index contributed by atoms with van der Waals surface area (Å²) < 4.78 is 55.1. The molecule has 8 nitrogen and oxygen atoms in total. The lowest BCUT2D eigenvalue weighted by molar-refractivity contribution is -0.141. The largest absolute Gasteiger partial charge is 0.490 e. The van der Waals surface area contributed by atoms with E-state index >= 15 is 0 Å². The quantitative estimate of drug-likeness (QED) is 0.162. The van der Waals surface area contributed by atoms with Crippen LogP contribution in [0.1, 0.15) is 36.5 Å². The van der Waals surface area contributed by atoms with Crippen LogP contribution < -0.4 is 29.4 Å².